The minimum Gasteiger partial charge on any atom is -0.264 e. The molecular formula is C16H11N. The highest BCUT2D eigenvalue weighted by Gasteiger charge is 2.19. The molecule has 4 rings (SSSR count). The van der Waals surface area contributed by atoms with Gasteiger partial charge in [-0.3, -0.25) is 4.98 Å². The molecule has 1 heterocycles. The molecule has 0 N–H and O–H groups in total. The zero-order valence-electron chi connectivity index (χ0n) is 9.35. The van der Waals surface area contributed by atoms with E-state index in [1.54, 1.807) is 0 Å². The van der Waals surface area contributed by atoms with Gasteiger partial charge in [-0.2, -0.15) is 0 Å². The molecule has 0 aliphatic heterocycles. The summed E-state index contributed by atoms with van der Waals surface area (Å²) in [4.78, 5) is 4.19. The smallest absolute Gasteiger partial charge is 0.0346 e. The van der Waals surface area contributed by atoms with Gasteiger partial charge in [-0.1, -0.05) is 36.4 Å². The van der Waals surface area contributed by atoms with Gasteiger partial charge in [0.05, 0.1) is 0 Å². The van der Waals surface area contributed by atoms with E-state index in [1.165, 1.54) is 33.0 Å². The fourth-order valence-corrected chi connectivity index (χ4v) is 2.80. The summed E-state index contributed by atoms with van der Waals surface area (Å²) >= 11 is 0. The molecule has 80 valence electrons. The van der Waals surface area contributed by atoms with Gasteiger partial charge in [-0.25, -0.2) is 0 Å². The Balaban J connectivity index is 2.17. The maximum absolute atomic E-state index is 4.19. The summed E-state index contributed by atoms with van der Waals surface area (Å²) in [6.07, 6.45) is 4.88. The zero-order valence-corrected chi connectivity index (χ0v) is 9.35. The lowest BCUT2D eigenvalue weighted by Crippen LogP contribution is -1.83. The van der Waals surface area contributed by atoms with Crippen molar-refractivity contribution >= 4 is 10.8 Å². The minimum absolute atomic E-state index is 1.06. The van der Waals surface area contributed by atoms with Crippen molar-refractivity contribution in [3.63, 3.8) is 0 Å². The van der Waals surface area contributed by atoms with Crippen LogP contribution in [0.2, 0.25) is 0 Å². The van der Waals surface area contributed by atoms with Crippen molar-refractivity contribution in [3.05, 3.63) is 66.0 Å². The van der Waals surface area contributed by atoms with Crippen LogP contribution in [0.5, 0.6) is 0 Å². The molecule has 0 fully saturated rings. The molecule has 0 amide bonds. The number of pyridine rings is 1. The highest BCUT2D eigenvalue weighted by Crippen LogP contribution is 2.40. The Morgan fingerprint density at radius 3 is 2.82 bits per heavy atom. The molecule has 1 aliphatic rings. The number of hydrogen-bond acceptors (Lipinski definition) is 1. The SMILES string of the molecule is c1ccc2c(c1)Cc1ccc3cnccc3c1-2. The van der Waals surface area contributed by atoms with E-state index in [-0.39, 0.29) is 0 Å². The first-order valence-corrected chi connectivity index (χ1v) is 5.87. The summed E-state index contributed by atoms with van der Waals surface area (Å²) in [6, 6.07) is 15.2. The maximum atomic E-state index is 4.19. The van der Waals surface area contributed by atoms with Crippen molar-refractivity contribution < 1.29 is 0 Å². The predicted octanol–water partition coefficient (Wildman–Crippen LogP) is 3.81. The number of hydrogen-bond donors (Lipinski definition) is 0. The van der Waals surface area contributed by atoms with Crippen molar-refractivity contribution in [1.82, 2.24) is 4.98 Å². The van der Waals surface area contributed by atoms with E-state index in [1.807, 2.05) is 12.4 Å². The maximum Gasteiger partial charge on any atom is 0.0346 e. The summed E-state index contributed by atoms with van der Waals surface area (Å²) in [5, 5.41) is 2.55. The van der Waals surface area contributed by atoms with E-state index in [2.05, 4.69) is 47.4 Å². The molecule has 0 radical (unpaired) electrons. The number of nitrogens with zero attached hydrogens (tertiary/aromatic N) is 1. The van der Waals surface area contributed by atoms with Crippen molar-refractivity contribution in [2.75, 3.05) is 0 Å². The second-order valence-electron chi connectivity index (χ2n) is 4.53. The summed E-state index contributed by atoms with van der Waals surface area (Å²) in [5.74, 6) is 0. The summed E-state index contributed by atoms with van der Waals surface area (Å²) in [5.41, 5.74) is 5.66. The molecule has 0 spiro atoms. The first-order chi connectivity index (χ1) is 8.43. The van der Waals surface area contributed by atoms with Crippen LogP contribution in [0.3, 0.4) is 0 Å². The monoisotopic (exact) mass is 217 g/mol. The number of aromatic nitrogens is 1. The van der Waals surface area contributed by atoms with E-state index in [0.29, 0.717) is 0 Å². The molecule has 1 aliphatic carbocycles. The van der Waals surface area contributed by atoms with Crippen molar-refractivity contribution in [3.8, 4) is 11.1 Å². The van der Waals surface area contributed by atoms with E-state index in [9.17, 15) is 0 Å². The van der Waals surface area contributed by atoms with Crippen LogP contribution >= 0.6 is 0 Å². The van der Waals surface area contributed by atoms with Gasteiger partial charge in [-0.05, 0) is 40.1 Å². The third-order valence-electron chi connectivity index (χ3n) is 3.57. The fourth-order valence-electron chi connectivity index (χ4n) is 2.80. The van der Waals surface area contributed by atoms with Crippen LogP contribution in [-0.2, 0) is 6.42 Å². The molecule has 3 aromatic rings. The first-order valence-electron chi connectivity index (χ1n) is 5.87. The number of benzene rings is 2. The topological polar surface area (TPSA) is 12.9 Å². The largest absolute Gasteiger partial charge is 0.264 e. The van der Waals surface area contributed by atoms with Crippen molar-refractivity contribution in [2.45, 2.75) is 6.42 Å². The Morgan fingerprint density at radius 2 is 1.82 bits per heavy atom. The van der Waals surface area contributed by atoms with Gasteiger partial charge in [0.2, 0.25) is 0 Å². The Morgan fingerprint density at radius 1 is 0.882 bits per heavy atom. The predicted molar refractivity (Wildman–Crippen MR) is 70.0 cm³/mol. The standard InChI is InChI=1S/C16H11N/c1-2-4-14-11(3-1)9-12-5-6-13-10-17-8-7-15(13)16(12)14/h1-8,10H,9H2. The van der Waals surface area contributed by atoms with E-state index < -0.39 is 0 Å². The molecule has 0 saturated carbocycles. The number of fused-ring (bicyclic) bond motifs is 5. The van der Waals surface area contributed by atoms with Crippen molar-refractivity contribution in [1.29, 1.82) is 0 Å². The fraction of sp³-hybridized carbons (Fsp3) is 0.0625. The van der Waals surface area contributed by atoms with E-state index in [0.717, 1.165) is 6.42 Å². The van der Waals surface area contributed by atoms with Crippen LogP contribution < -0.4 is 0 Å². The van der Waals surface area contributed by atoms with Crippen LogP contribution in [0.15, 0.2) is 54.9 Å². The molecule has 1 aromatic heterocycles. The third kappa shape index (κ3) is 1.17. The van der Waals surface area contributed by atoms with Gasteiger partial charge in [0.25, 0.3) is 0 Å². The third-order valence-corrected chi connectivity index (χ3v) is 3.57. The Labute approximate surface area is 99.7 Å². The van der Waals surface area contributed by atoms with Gasteiger partial charge < -0.3 is 0 Å². The number of rotatable bonds is 0. The quantitative estimate of drug-likeness (QED) is 0.436. The highest BCUT2D eigenvalue weighted by atomic mass is 14.6. The van der Waals surface area contributed by atoms with Gasteiger partial charge in [0.1, 0.15) is 0 Å². The van der Waals surface area contributed by atoms with Gasteiger partial charge >= 0.3 is 0 Å². The van der Waals surface area contributed by atoms with Gasteiger partial charge in [0.15, 0.2) is 0 Å². The lowest BCUT2D eigenvalue weighted by molar-refractivity contribution is 1.26. The molecule has 2 aromatic carbocycles. The average Bonchev–Trinajstić information content (AvgIpc) is 2.77. The van der Waals surface area contributed by atoms with E-state index in [4.69, 9.17) is 0 Å². The Hall–Kier alpha value is -2.15. The van der Waals surface area contributed by atoms with Crippen LogP contribution in [-0.4, -0.2) is 4.98 Å². The Kier molecular flexibility index (Phi) is 1.67. The normalized spacial score (nSPS) is 12.5. The van der Waals surface area contributed by atoms with Crippen LogP contribution in [0, 0.1) is 0 Å². The van der Waals surface area contributed by atoms with Gasteiger partial charge in [-0.15, -0.1) is 0 Å². The Bertz CT molecular complexity index is 728. The molecule has 0 bridgehead atoms. The molecule has 0 saturated heterocycles. The lowest BCUT2D eigenvalue weighted by Gasteiger charge is -2.05. The van der Waals surface area contributed by atoms with Crippen LogP contribution in [0.4, 0.5) is 0 Å². The molecule has 0 atom stereocenters. The molecular weight excluding hydrogens is 206 g/mol. The second kappa shape index (κ2) is 3.17. The summed E-state index contributed by atoms with van der Waals surface area (Å²) in [6.45, 7) is 0. The molecule has 1 heteroatoms. The van der Waals surface area contributed by atoms with Crippen LogP contribution in [0.25, 0.3) is 21.9 Å². The van der Waals surface area contributed by atoms with Crippen LogP contribution in [0.1, 0.15) is 11.1 Å². The zero-order chi connectivity index (χ0) is 11.2. The van der Waals surface area contributed by atoms with E-state index >= 15 is 0 Å². The minimum atomic E-state index is 1.06. The van der Waals surface area contributed by atoms with Crippen molar-refractivity contribution in [2.24, 2.45) is 0 Å². The molecule has 17 heavy (non-hydrogen) atoms. The summed E-state index contributed by atoms with van der Waals surface area (Å²) in [7, 11) is 0. The van der Waals surface area contributed by atoms with Gasteiger partial charge in [0, 0.05) is 17.8 Å². The molecule has 1 nitrogen and oxygen atoms in total. The first kappa shape index (κ1) is 8.94. The average molecular weight is 217 g/mol. The highest BCUT2D eigenvalue weighted by molar-refractivity contribution is 6.00. The molecule has 0 unspecified atom stereocenters. The summed E-state index contributed by atoms with van der Waals surface area (Å²) < 4.78 is 0. The lowest BCUT2D eigenvalue weighted by atomic mass is 9.99. The second-order valence-corrected chi connectivity index (χ2v) is 4.53.